The number of nitrogens with zero attached hydrogens (tertiary/aromatic N) is 3. The summed E-state index contributed by atoms with van der Waals surface area (Å²) in [4.78, 5) is 21.8. The Labute approximate surface area is 146 Å². The van der Waals surface area contributed by atoms with E-state index < -0.39 is 0 Å². The lowest BCUT2D eigenvalue weighted by molar-refractivity contribution is 0.0679. The summed E-state index contributed by atoms with van der Waals surface area (Å²) in [6.45, 7) is 5.61. The number of piperidine rings is 1. The molecule has 1 atom stereocenters. The van der Waals surface area contributed by atoms with Crippen molar-refractivity contribution in [1.29, 1.82) is 0 Å². The summed E-state index contributed by atoms with van der Waals surface area (Å²) in [5, 5.41) is 0. The number of hydrogen-bond acceptors (Lipinski definition) is 3. The van der Waals surface area contributed by atoms with Crippen molar-refractivity contribution in [2.45, 2.75) is 70.9 Å². The molecule has 0 bridgehead atoms. The third-order valence-corrected chi connectivity index (χ3v) is 5.94. The molecular formula is C20H31N3O. The zero-order valence-corrected chi connectivity index (χ0v) is 15.4. The summed E-state index contributed by atoms with van der Waals surface area (Å²) in [6, 6.07) is 4.75. The van der Waals surface area contributed by atoms with Gasteiger partial charge in [0.25, 0.3) is 5.91 Å². The first-order valence-electron chi connectivity index (χ1n) is 9.56. The average molecular weight is 329 g/mol. The molecule has 1 unspecified atom stereocenters. The lowest BCUT2D eigenvalue weighted by atomic mass is 9.86. The first-order valence-corrected chi connectivity index (χ1v) is 9.56. The standard InChI is InChI=1S/C20H31N3O/c1-15-7-9-18(10-8-15)22(3)20(24)17-11-12-21-19(14-17)23-13-5-4-6-16(23)2/h11-12,14-16,18H,4-10,13H2,1-3H3. The zero-order chi connectivity index (χ0) is 17.1. The summed E-state index contributed by atoms with van der Waals surface area (Å²) >= 11 is 0. The molecule has 1 aliphatic heterocycles. The largest absolute Gasteiger partial charge is 0.354 e. The van der Waals surface area contributed by atoms with Gasteiger partial charge in [0.2, 0.25) is 0 Å². The first kappa shape index (κ1) is 17.2. The highest BCUT2D eigenvalue weighted by atomic mass is 16.2. The van der Waals surface area contributed by atoms with Gasteiger partial charge in [-0.1, -0.05) is 6.92 Å². The third kappa shape index (κ3) is 3.73. The maximum absolute atomic E-state index is 12.9. The molecule has 1 amide bonds. The fourth-order valence-electron chi connectivity index (χ4n) is 4.15. The van der Waals surface area contributed by atoms with Gasteiger partial charge in [-0.25, -0.2) is 4.98 Å². The fourth-order valence-corrected chi connectivity index (χ4v) is 4.15. The molecule has 1 saturated heterocycles. The molecule has 0 N–H and O–H groups in total. The normalized spacial score (nSPS) is 27.8. The van der Waals surface area contributed by atoms with E-state index in [0.717, 1.165) is 36.7 Å². The highest BCUT2D eigenvalue weighted by molar-refractivity contribution is 5.94. The maximum atomic E-state index is 12.9. The lowest BCUT2D eigenvalue weighted by Gasteiger charge is -2.35. The van der Waals surface area contributed by atoms with Crippen molar-refractivity contribution in [3.8, 4) is 0 Å². The molecule has 0 radical (unpaired) electrons. The van der Waals surface area contributed by atoms with Gasteiger partial charge in [-0.2, -0.15) is 0 Å². The Morgan fingerprint density at radius 1 is 1.17 bits per heavy atom. The lowest BCUT2D eigenvalue weighted by Crippen LogP contribution is -2.40. The number of carbonyl (C=O) groups excluding carboxylic acids is 1. The number of rotatable bonds is 3. The van der Waals surface area contributed by atoms with E-state index in [0.29, 0.717) is 12.1 Å². The van der Waals surface area contributed by atoms with Crippen molar-refractivity contribution in [3.05, 3.63) is 23.9 Å². The molecule has 1 aromatic rings. The second-order valence-corrected chi connectivity index (χ2v) is 7.77. The van der Waals surface area contributed by atoms with E-state index in [2.05, 4.69) is 23.7 Å². The molecule has 4 heteroatoms. The van der Waals surface area contributed by atoms with Gasteiger partial charge in [0, 0.05) is 37.4 Å². The van der Waals surface area contributed by atoms with Gasteiger partial charge in [-0.05, 0) is 69.9 Å². The Balaban J connectivity index is 1.72. The summed E-state index contributed by atoms with van der Waals surface area (Å²) in [5.74, 6) is 1.90. The summed E-state index contributed by atoms with van der Waals surface area (Å²) in [7, 11) is 1.96. The number of hydrogen-bond donors (Lipinski definition) is 0. The van der Waals surface area contributed by atoms with Gasteiger partial charge in [0.15, 0.2) is 0 Å². The predicted octanol–water partition coefficient (Wildman–Crippen LogP) is 4.11. The van der Waals surface area contributed by atoms with Crippen molar-refractivity contribution in [1.82, 2.24) is 9.88 Å². The second-order valence-electron chi connectivity index (χ2n) is 7.77. The van der Waals surface area contributed by atoms with Crippen molar-refractivity contribution in [2.24, 2.45) is 5.92 Å². The van der Waals surface area contributed by atoms with Crippen LogP contribution in [0.4, 0.5) is 5.82 Å². The highest BCUT2D eigenvalue weighted by Crippen LogP contribution is 2.28. The Morgan fingerprint density at radius 3 is 2.62 bits per heavy atom. The van der Waals surface area contributed by atoms with E-state index >= 15 is 0 Å². The van der Waals surface area contributed by atoms with Gasteiger partial charge in [-0.3, -0.25) is 4.79 Å². The molecule has 4 nitrogen and oxygen atoms in total. The Kier molecular flexibility index (Phi) is 5.42. The van der Waals surface area contributed by atoms with Gasteiger partial charge < -0.3 is 9.80 Å². The molecule has 132 valence electrons. The number of aromatic nitrogens is 1. The van der Waals surface area contributed by atoms with Crippen LogP contribution >= 0.6 is 0 Å². The number of anilines is 1. The van der Waals surface area contributed by atoms with Gasteiger partial charge in [-0.15, -0.1) is 0 Å². The smallest absolute Gasteiger partial charge is 0.254 e. The summed E-state index contributed by atoms with van der Waals surface area (Å²) in [6.07, 6.45) is 10.2. The quantitative estimate of drug-likeness (QED) is 0.837. The maximum Gasteiger partial charge on any atom is 0.254 e. The van der Waals surface area contributed by atoms with Crippen LogP contribution < -0.4 is 4.90 Å². The molecule has 0 spiro atoms. The Hall–Kier alpha value is -1.58. The molecule has 0 aromatic carbocycles. The molecule has 2 aliphatic rings. The topological polar surface area (TPSA) is 36.4 Å². The average Bonchev–Trinajstić information content (AvgIpc) is 2.61. The van der Waals surface area contributed by atoms with Crippen molar-refractivity contribution in [2.75, 3.05) is 18.5 Å². The predicted molar refractivity (Wildman–Crippen MR) is 98.4 cm³/mol. The minimum absolute atomic E-state index is 0.142. The van der Waals surface area contributed by atoms with E-state index in [1.807, 2.05) is 24.1 Å². The minimum Gasteiger partial charge on any atom is -0.354 e. The summed E-state index contributed by atoms with van der Waals surface area (Å²) < 4.78 is 0. The van der Waals surface area contributed by atoms with Crippen LogP contribution in [0.3, 0.4) is 0 Å². The molecule has 1 saturated carbocycles. The van der Waals surface area contributed by atoms with Gasteiger partial charge >= 0.3 is 0 Å². The van der Waals surface area contributed by atoms with E-state index in [-0.39, 0.29) is 5.91 Å². The fraction of sp³-hybridized carbons (Fsp3) is 0.700. The SMILES string of the molecule is CC1CCC(N(C)C(=O)c2ccnc(N3CCCCC3C)c2)CC1. The van der Waals surface area contributed by atoms with Gasteiger partial charge in [0.05, 0.1) is 0 Å². The molecule has 24 heavy (non-hydrogen) atoms. The Morgan fingerprint density at radius 2 is 1.92 bits per heavy atom. The van der Waals surface area contributed by atoms with Gasteiger partial charge in [0.1, 0.15) is 5.82 Å². The molecule has 1 aromatic heterocycles. The van der Waals surface area contributed by atoms with E-state index in [1.54, 1.807) is 6.20 Å². The number of carbonyl (C=O) groups is 1. The van der Waals surface area contributed by atoms with Crippen molar-refractivity contribution in [3.63, 3.8) is 0 Å². The van der Waals surface area contributed by atoms with E-state index in [1.165, 1.54) is 32.1 Å². The first-order chi connectivity index (χ1) is 11.6. The highest BCUT2D eigenvalue weighted by Gasteiger charge is 2.26. The van der Waals surface area contributed by atoms with Crippen molar-refractivity contribution < 1.29 is 4.79 Å². The van der Waals surface area contributed by atoms with Crippen LogP contribution in [-0.4, -0.2) is 41.5 Å². The van der Waals surface area contributed by atoms with Crippen LogP contribution in [0.5, 0.6) is 0 Å². The molecule has 3 rings (SSSR count). The zero-order valence-electron chi connectivity index (χ0n) is 15.4. The van der Waals surface area contributed by atoms with Crippen LogP contribution in [0.25, 0.3) is 0 Å². The molecule has 2 heterocycles. The summed E-state index contributed by atoms with van der Waals surface area (Å²) in [5.41, 5.74) is 0.777. The molecular weight excluding hydrogens is 298 g/mol. The van der Waals surface area contributed by atoms with Crippen LogP contribution in [0.1, 0.15) is 69.2 Å². The van der Waals surface area contributed by atoms with E-state index in [4.69, 9.17) is 0 Å². The van der Waals surface area contributed by atoms with Crippen molar-refractivity contribution >= 4 is 11.7 Å². The molecule has 2 fully saturated rings. The Bertz CT molecular complexity index is 566. The number of amides is 1. The number of pyridine rings is 1. The molecule has 1 aliphatic carbocycles. The van der Waals surface area contributed by atoms with Crippen LogP contribution in [0.2, 0.25) is 0 Å². The third-order valence-electron chi connectivity index (χ3n) is 5.94. The monoisotopic (exact) mass is 329 g/mol. The second kappa shape index (κ2) is 7.54. The minimum atomic E-state index is 0.142. The van der Waals surface area contributed by atoms with Crippen LogP contribution in [0, 0.1) is 5.92 Å². The van der Waals surface area contributed by atoms with Crippen LogP contribution in [-0.2, 0) is 0 Å². The van der Waals surface area contributed by atoms with E-state index in [9.17, 15) is 4.79 Å². The van der Waals surface area contributed by atoms with Crippen LogP contribution in [0.15, 0.2) is 18.3 Å².